The summed E-state index contributed by atoms with van der Waals surface area (Å²) in [6.07, 6.45) is 3.65. The van der Waals surface area contributed by atoms with Crippen LogP contribution in [0.15, 0.2) is 16.9 Å². The summed E-state index contributed by atoms with van der Waals surface area (Å²) < 4.78 is 7.59. The Hall–Kier alpha value is -1.57. The maximum Gasteiger partial charge on any atom is 0.409 e. The maximum absolute atomic E-state index is 12.1. The highest BCUT2D eigenvalue weighted by Gasteiger charge is 2.24. The normalized spacial score (nSPS) is 15.1. The van der Waals surface area contributed by atoms with Gasteiger partial charge in [0.15, 0.2) is 0 Å². The first kappa shape index (κ1) is 15.8. The number of hydrogen-bond acceptors (Lipinski definition) is 4. The molecule has 1 aliphatic heterocycles. The van der Waals surface area contributed by atoms with Gasteiger partial charge in [-0.25, -0.2) is 4.79 Å². The zero-order valence-electron chi connectivity index (χ0n) is 12.0. The van der Waals surface area contributed by atoms with Crippen LogP contribution in [0.3, 0.4) is 0 Å². The monoisotopic (exact) mass is 358 g/mol. The van der Waals surface area contributed by atoms with Crippen molar-refractivity contribution in [2.24, 2.45) is 0 Å². The number of hydrogen-bond donors (Lipinski definition) is 0. The van der Waals surface area contributed by atoms with E-state index >= 15 is 0 Å². The molecule has 2 rings (SSSR count). The molecule has 2 amide bonds. The first-order chi connectivity index (χ1) is 10.1. The van der Waals surface area contributed by atoms with Crippen LogP contribution in [0.4, 0.5) is 4.79 Å². The number of amides is 2. The lowest BCUT2D eigenvalue weighted by atomic mass is 10.3. The Morgan fingerprint density at radius 1 is 1.29 bits per heavy atom. The standard InChI is InChI=1S/C13H19BrN4O3/c1-2-21-13(20)17-7-5-16(6-8-17)12(19)3-4-18-10-11(14)9-15-18/h9-10H,2-8H2,1H3. The summed E-state index contributed by atoms with van der Waals surface area (Å²) >= 11 is 3.32. The number of carbonyl (C=O) groups is 2. The van der Waals surface area contributed by atoms with Crippen molar-refractivity contribution in [2.75, 3.05) is 32.8 Å². The molecule has 0 bridgehead atoms. The third kappa shape index (κ3) is 4.45. The predicted molar refractivity (Wildman–Crippen MR) is 79.7 cm³/mol. The molecule has 1 aromatic rings. The molecule has 116 valence electrons. The second kappa shape index (κ2) is 7.44. The van der Waals surface area contributed by atoms with E-state index in [9.17, 15) is 9.59 Å². The maximum atomic E-state index is 12.1. The third-order valence-electron chi connectivity index (χ3n) is 3.31. The average Bonchev–Trinajstić information content (AvgIpc) is 2.91. The molecule has 2 heterocycles. The number of piperazine rings is 1. The average molecular weight is 359 g/mol. The van der Waals surface area contributed by atoms with Crippen LogP contribution >= 0.6 is 15.9 Å². The Morgan fingerprint density at radius 2 is 1.95 bits per heavy atom. The van der Waals surface area contributed by atoms with Gasteiger partial charge in [-0.1, -0.05) is 0 Å². The van der Waals surface area contributed by atoms with E-state index in [-0.39, 0.29) is 12.0 Å². The zero-order valence-corrected chi connectivity index (χ0v) is 13.6. The Balaban J connectivity index is 1.74. The summed E-state index contributed by atoms with van der Waals surface area (Å²) in [6.45, 7) is 4.88. The number of ether oxygens (including phenoxy) is 1. The number of halogens is 1. The van der Waals surface area contributed by atoms with Crippen LogP contribution in [0, 0.1) is 0 Å². The van der Waals surface area contributed by atoms with Crippen LogP contribution in [0.25, 0.3) is 0 Å². The molecular formula is C13H19BrN4O3. The van der Waals surface area contributed by atoms with Crippen molar-refractivity contribution < 1.29 is 14.3 Å². The van der Waals surface area contributed by atoms with Crippen molar-refractivity contribution in [3.8, 4) is 0 Å². The van der Waals surface area contributed by atoms with Crippen LogP contribution in [-0.2, 0) is 16.1 Å². The Bertz CT molecular complexity index is 497. The molecule has 1 saturated heterocycles. The predicted octanol–water partition coefficient (Wildman–Crippen LogP) is 1.34. The van der Waals surface area contributed by atoms with Gasteiger partial charge in [0.2, 0.25) is 5.91 Å². The largest absolute Gasteiger partial charge is 0.450 e. The van der Waals surface area contributed by atoms with E-state index in [4.69, 9.17) is 4.74 Å². The van der Waals surface area contributed by atoms with Gasteiger partial charge in [0.1, 0.15) is 0 Å². The summed E-state index contributed by atoms with van der Waals surface area (Å²) in [5.74, 6) is 0.0881. The van der Waals surface area contributed by atoms with Crippen molar-refractivity contribution in [1.29, 1.82) is 0 Å². The van der Waals surface area contributed by atoms with Crippen LogP contribution < -0.4 is 0 Å². The molecular weight excluding hydrogens is 340 g/mol. The molecule has 1 aliphatic rings. The van der Waals surface area contributed by atoms with Gasteiger partial charge in [0.25, 0.3) is 0 Å². The molecule has 0 unspecified atom stereocenters. The van der Waals surface area contributed by atoms with Gasteiger partial charge in [0.05, 0.1) is 17.3 Å². The number of rotatable bonds is 4. The fourth-order valence-corrected chi connectivity index (χ4v) is 2.51. The molecule has 0 aliphatic carbocycles. The van der Waals surface area contributed by atoms with E-state index < -0.39 is 0 Å². The molecule has 0 atom stereocenters. The van der Waals surface area contributed by atoms with E-state index in [2.05, 4.69) is 21.0 Å². The fraction of sp³-hybridized carbons (Fsp3) is 0.615. The van der Waals surface area contributed by atoms with Crippen molar-refractivity contribution in [3.63, 3.8) is 0 Å². The molecule has 0 radical (unpaired) electrons. The summed E-state index contributed by atoms with van der Waals surface area (Å²) in [5.41, 5.74) is 0. The lowest BCUT2D eigenvalue weighted by molar-refractivity contribution is -0.133. The van der Waals surface area contributed by atoms with Crippen LogP contribution in [0.2, 0.25) is 0 Å². The number of aryl methyl sites for hydroxylation is 1. The SMILES string of the molecule is CCOC(=O)N1CCN(C(=O)CCn2cc(Br)cn2)CC1. The fourth-order valence-electron chi connectivity index (χ4n) is 2.18. The van der Waals surface area contributed by atoms with E-state index in [0.717, 1.165) is 4.47 Å². The van der Waals surface area contributed by atoms with Crippen molar-refractivity contribution in [3.05, 3.63) is 16.9 Å². The Labute approximate surface area is 132 Å². The van der Waals surface area contributed by atoms with E-state index in [0.29, 0.717) is 45.8 Å². The third-order valence-corrected chi connectivity index (χ3v) is 3.72. The molecule has 0 N–H and O–H groups in total. The second-order valence-corrected chi connectivity index (χ2v) is 5.65. The molecule has 1 aromatic heterocycles. The lowest BCUT2D eigenvalue weighted by Crippen LogP contribution is -2.50. The molecule has 8 heteroatoms. The van der Waals surface area contributed by atoms with Gasteiger partial charge < -0.3 is 14.5 Å². The lowest BCUT2D eigenvalue weighted by Gasteiger charge is -2.34. The summed E-state index contributed by atoms with van der Waals surface area (Å²) in [5, 5.41) is 4.12. The number of nitrogens with zero attached hydrogens (tertiary/aromatic N) is 4. The molecule has 0 spiro atoms. The van der Waals surface area contributed by atoms with Crippen molar-refractivity contribution in [1.82, 2.24) is 19.6 Å². The number of aromatic nitrogens is 2. The van der Waals surface area contributed by atoms with Crippen LogP contribution in [-0.4, -0.2) is 64.4 Å². The van der Waals surface area contributed by atoms with Crippen LogP contribution in [0.5, 0.6) is 0 Å². The van der Waals surface area contributed by atoms with E-state index in [1.165, 1.54) is 0 Å². The number of carbonyl (C=O) groups excluding carboxylic acids is 2. The van der Waals surface area contributed by atoms with Gasteiger partial charge in [0, 0.05) is 45.3 Å². The summed E-state index contributed by atoms with van der Waals surface area (Å²) in [6, 6.07) is 0. The smallest absolute Gasteiger partial charge is 0.409 e. The van der Waals surface area contributed by atoms with Crippen molar-refractivity contribution >= 4 is 27.9 Å². The minimum Gasteiger partial charge on any atom is -0.450 e. The Kier molecular flexibility index (Phi) is 5.60. The highest BCUT2D eigenvalue weighted by molar-refractivity contribution is 9.10. The molecule has 0 aromatic carbocycles. The van der Waals surface area contributed by atoms with Gasteiger partial charge in [-0.3, -0.25) is 9.48 Å². The highest BCUT2D eigenvalue weighted by Crippen LogP contribution is 2.09. The summed E-state index contributed by atoms with van der Waals surface area (Å²) in [7, 11) is 0. The van der Waals surface area contributed by atoms with Gasteiger partial charge in [-0.2, -0.15) is 5.10 Å². The molecule has 0 saturated carbocycles. The van der Waals surface area contributed by atoms with Gasteiger partial charge in [-0.15, -0.1) is 0 Å². The summed E-state index contributed by atoms with van der Waals surface area (Å²) in [4.78, 5) is 27.1. The molecule has 21 heavy (non-hydrogen) atoms. The zero-order chi connectivity index (χ0) is 15.2. The first-order valence-corrected chi connectivity index (χ1v) is 7.77. The first-order valence-electron chi connectivity index (χ1n) is 6.97. The molecule has 1 fully saturated rings. The topological polar surface area (TPSA) is 67.7 Å². The van der Waals surface area contributed by atoms with Crippen molar-refractivity contribution in [2.45, 2.75) is 19.9 Å². The van der Waals surface area contributed by atoms with Gasteiger partial charge in [-0.05, 0) is 22.9 Å². The minimum absolute atomic E-state index is 0.0881. The van der Waals surface area contributed by atoms with Gasteiger partial charge >= 0.3 is 6.09 Å². The van der Waals surface area contributed by atoms with E-state index in [1.54, 1.807) is 27.6 Å². The molecule has 7 nitrogen and oxygen atoms in total. The second-order valence-electron chi connectivity index (χ2n) is 4.74. The van der Waals surface area contributed by atoms with E-state index in [1.807, 2.05) is 6.20 Å². The Morgan fingerprint density at radius 3 is 2.52 bits per heavy atom. The highest BCUT2D eigenvalue weighted by atomic mass is 79.9. The minimum atomic E-state index is -0.300. The quantitative estimate of drug-likeness (QED) is 0.814. The van der Waals surface area contributed by atoms with Crippen LogP contribution in [0.1, 0.15) is 13.3 Å².